The average molecular weight is 296 g/mol. The van der Waals surface area contributed by atoms with Crippen LogP contribution < -0.4 is 10.5 Å². The maximum absolute atomic E-state index is 6.20. The van der Waals surface area contributed by atoms with Gasteiger partial charge in [-0.15, -0.1) is 0 Å². The van der Waals surface area contributed by atoms with Crippen LogP contribution in [0.2, 0.25) is 5.02 Å². The molecule has 2 N–H and O–H groups in total. The monoisotopic (exact) mass is 295 g/mol. The number of hydrogen-bond donors (Lipinski definition) is 1. The molecule has 5 nitrogen and oxygen atoms in total. The van der Waals surface area contributed by atoms with Crippen LogP contribution in [-0.2, 0) is 13.0 Å². The van der Waals surface area contributed by atoms with Crippen LogP contribution in [0.3, 0.4) is 0 Å². The molecule has 0 bridgehead atoms. The third-order valence-corrected chi connectivity index (χ3v) is 3.24. The van der Waals surface area contributed by atoms with Gasteiger partial charge in [0, 0.05) is 13.0 Å². The second-order valence-electron chi connectivity index (χ2n) is 4.66. The number of ether oxygens (including phenoxy) is 1. The fraction of sp³-hybridized carbons (Fsp3) is 0.429. The van der Waals surface area contributed by atoms with Crippen molar-refractivity contribution >= 4 is 11.6 Å². The molecular weight excluding hydrogens is 278 g/mol. The largest absolute Gasteiger partial charge is 0.484 e. The van der Waals surface area contributed by atoms with Crippen LogP contribution in [0.4, 0.5) is 0 Å². The molecule has 20 heavy (non-hydrogen) atoms. The van der Waals surface area contributed by atoms with Crippen molar-refractivity contribution in [1.82, 2.24) is 10.1 Å². The van der Waals surface area contributed by atoms with Gasteiger partial charge < -0.3 is 15.0 Å². The lowest BCUT2D eigenvalue weighted by molar-refractivity contribution is 0.286. The van der Waals surface area contributed by atoms with E-state index in [1.54, 1.807) is 6.92 Å². The molecule has 1 unspecified atom stereocenters. The van der Waals surface area contributed by atoms with Crippen molar-refractivity contribution in [3.8, 4) is 5.75 Å². The summed E-state index contributed by atoms with van der Waals surface area (Å²) >= 11 is 6.20. The molecule has 6 heteroatoms. The van der Waals surface area contributed by atoms with Gasteiger partial charge in [0.2, 0.25) is 11.7 Å². The highest BCUT2D eigenvalue weighted by molar-refractivity contribution is 6.32. The first-order valence-electron chi connectivity index (χ1n) is 6.54. The number of hydrogen-bond acceptors (Lipinski definition) is 5. The molecule has 0 aliphatic carbocycles. The molecular formula is C14H18ClN3O2. The van der Waals surface area contributed by atoms with E-state index in [0.29, 0.717) is 22.5 Å². The average Bonchev–Trinajstić information content (AvgIpc) is 2.83. The molecule has 0 radical (unpaired) electrons. The van der Waals surface area contributed by atoms with E-state index in [2.05, 4.69) is 17.1 Å². The van der Waals surface area contributed by atoms with E-state index in [4.69, 9.17) is 26.6 Å². The molecule has 0 amide bonds. The Balaban J connectivity index is 1.98. The number of rotatable bonds is 6. The topological polar surface area (TPSA) is 74.2 Å². The standard InChI is InChI=1S/C14H18ClN3O2/c1-3-11(16)6-10-4-5-13(12(15)7-10)19-8-14-17-9(2)20-18-14/h4-5,7,11H,3,6,8,16H2,1-2H3. The summed E-state index contributed by atoms with van der Waals surface area (Å²) in [5.41, 5.74) is 7.03. The second kappa shape index (κ2) is 6.72. The van der Waals surface area contributed by atoms with Gasteiger partial charge in [-0.2, -0.15) is 4.98 Å². The van der Waals surface area contributed by atoms with Crippen LogP contribution in [0, 0.1) is 6.92 Å². The minimum Gasteiger partial charge on any atom is -0.484 e. The van der Waals surface area contributed by atoms with Crippen LogP contribution in [0.1, 0.15) is 30.6 Å². The molecule has 108 valence electrons. The van der Waals surface area contributed by atoms with Crippen molar-refractivity contribution in [2.24, 2.45) is 5.73 Å². The first-order chi connectivity index (χ1) is 9.58. The Morgan fingerprint density at radius 3 is 2.85 bits per heavy atom. The molecule has 1 heterocycles. The minimum atomic E-state index is 0.153. The van der Waals surface area contributed by atoms with Crippen molar-refractivity contribution in [2.45, 2.75) is 39.3 Å². The van der Waals surface area contributed by atoms with Crippen LogP contribution in [0.25, 0.3) is 0 Å². The number of aryl methyl sites for hydroxylation is 1. The molecule has 0 saturated carbocycles. The third kappa shape index (κ3) is 3.95. The van der Waals surface area contributed by atoms with Crippen LogP contribution in [0.5, 0.6) is 5.75 Å². The van der Waals surface area contributed by atoms with Gasteiger partial charge in [-0.1, -0.05) is 29.7 Å². The number of halogens is 1. The van der Waals surface area contributed by atoms with Gasteiger partial charge in [0.15, 0.2) is 6.61 Å². The van der Waals surface area contributed by atoms with Gasteiger partial charge in [-0.3, -0.25) is 0 Å². The van der Waals surface area contributed by atoms with Gasteiger partial charge in [-0.25, -0.2) is 0 Å². The van der Waals surface area contributed by atoms with Crippen molar-refractivity contribution in [2.75, 3.05) is 0 Å². The lowest BCUT2D eigenvalue weighted by Crippen LogP contribution is -2.21. The molecule has 1 aromatic carbocycles. The first kappa shape index (κ1) is 14.8. The smallest absolute Gasteiger partial charge is 0.223 e. The third-order valence-electron chi connectivity index (χ3n) is 2.94. The highest BCUT2D eigenvalue weighted by atomic mass is 35.5. The summed E-state index contributed by atoms with van der Waals surface area (Å²) in [7, 11) is 0. The predicted octanol–water partition coefficient (Wildman–Crippen LogP) is 2.89. The van der Waals surface area contributed by atoms with Gasteiger partial charge in [-0.05, 0) is 30.5 Å². The summed E-state index contributed by atoms with van der Waals surface area (Å²) in [5.74, 6) is 1.61. The first-order valence-corrected chi connectivity index (χ1v) is 6.92. The van der Waals surface area contributed by atoms with Crippen molar-refractivity contribution in [3.05, 3.63) is 40.5 Å². The molecule has 0 aliphatic rings. The summed E-state index contributed by atoms with van der Waals surface area (Å²) in [5, 5.41) is 4.32. The predicted molar refractivity (Wildman–Crippen MR) is 76.8 cm³/mol. The van der Waals surface area contributed by atoms with Gasteiger partial charge in [0.05, 0.1) is 5.02 Å². The number of nitrogens with two attached hydrogens (primary N) is 1. The maximum atomic E-state index is 6.20. The summed E-state index contributed by atoms with van der Waals surface area (Å²) in [4.78, 5) is 4.06. The molecule has 2 aromatic rings. The molecule has 0 aliphatic heterocycles. The van der Waals surface area contributed by atoms with Crippen molar-refractivity contribution in [3.63, 3.8) is 0 Å². The zero-order chi connectivity index (χ0) is 14.5. The van der Waals surface area contributed by atoms with Crippen molar-refractivity contribution in [1.29, 1.82) is 0 Å². The zero-order valence-electron chi connectivity index (χ0n) is 11.6. The molecule has 2 rings (SSSR count). The van der Waals surface area contributed by atoms with Gasteiger partial charge in [0.25, 0.3) is 0 Å². The normalized spacial score (nSPS) is 12.4. The highest BCUT2D eigenvalue weighted by Gasteiger charge is 2.08. The Morgan fingerprint density at radius 2 is 2.25 bits per heavy atom. The fourth-order valence-electron chi connectivity index (χ4n) is 1.78. The van der Waals surface area contributed by atoms with E-state index in [9.17, 15) is 0 Å². The number of benzene rings is 1. The van der Waals surface area contributed by atoms with E-state index < -0.39 is 0 Å². The van der Waals surface area contributed by atoms with E-state index in [-0.39, 0.29) is 12.6 Å². The fourth-order valence-corrected chi connectivity index (χ4v) is 2.04. The van der Waals surface area contributed by atoms with Crippen molar-refractivity contribution < 1.29 is 9.26 Å². The van der Waals surface area contributed by atoms with Crippen LogP contribution in [0.15, 0.2) is 22.7 Å². The van der Waals surface area contributed by atoms with E-state index in [1.165, 1.54) is 0 Å². The van der Waals surface area contributed by atoms with Gasteiger partial charge >= 0.3 is 0 Å². The molecule has 0 saturated heterocycles. The molecule has 1 aromatic heterocycles. The maximum Gasteiger partial charge on any atom is 0.223 e. The Morgan fingerprint density at radius 1 is 1.45 bits per heavy atom. The highest BCUT2D eigenvalue weighted by Crippen LogP contribution is 2.26. The molecule has 1 atom stereocenters. The van der Waals surface area contributed by atoms with Gasteiger partial charge in [0.1, 0.15) is 5.75 Å². The lowest BCUT2D eigenvalue weighted by atomic mass is 10.0. The van der Waals surface area contributed by atoms with Crippen LogP contribution >= 0.6 is 11.6 Å². The summed E-state index contributed by atoms with van der Waals surface area (Å²) < 4.78 is 10.4. The van der Waals surface area contributed by atoms with E-state index in [0.717, 1.165) is 18.4 Å². The number of aromatic nitrogens is 2. The molecule has 0 fully saturated rings. The van der Waals surface area contributed by atoms with E-state index in [1.807, 2.05) is 18.2 Å². The SMILES string of the molecule is CCC(N)Cc1ccc(OCc2noc(C)n2)c(Cl)c1. The van der Waals surface area contributed by atoms with E-state index >= 15 is 0 Å². The Hall–Kier alpha value is -1.59. The summed E-state index contributed by atoms with van der Waals surface area (Å²) in [6.45, 7) is 4.02. The lowest BCUT2D eigenvalue weighted by Gasteiger charge is -2.11. The summed E-state index contributed by atoms with van der Waals surface area (Å²) in [6, 6.07) is 5.85. The Kier molecular flexibility index (Phi) is 4.98. The number of nitrogens with zero attached hydrogens (tertiary/aromatic N) is 2. The quantitative estimate of drug-likeness (QED) is 0.887. The Bertz CT molecular complexity index is 571. The van der Waals surface area contributed by atoms with Crippen LogP contribution in [-0.4, -0.2) is 16.2 Å². The summed E-state index contributed by atoms with van der Waals surface area (Å²) in [6.07, 6.45) is 1.74. The Labute approximate surface area is 123 Å². The second-order valence-corrected chi connectivity index (χ2v) is 5.06. The molecule has 0 spiro atoms. The minimum absolute atomic E-state index is 0.153. The zero-order valence-corrected chi connectivity index (χ0v) is 12.4.